The summed E-state index contributed by atoms with van der Waals surface area (Å²) < 4.78 is 0. The molecule has 0 nitrogen and oxygen atoms in total. The third-order valence-electron chi connectivity index (χ3n) is 6.74. The van der Waals surface area contributed by atoms with Gasteiger partial charge in [-0.2, -0.15) is 23.5 Å². The number of rotatable bonds is 2. The van der Waals surface area contributed by atoms with Crippen LogP contribution in [0.4, 0.5) is 0 Å². The lowest BCUT2D eigenvalue weighted by atomic mass is 9.90. The number of thioether (sulfide) groups is 2. The highest BCUT2D eigenvalue weighted by molar-refractivity contribution is 7.99. The molecule has 156 valence electrons. The Morgan fingerprint density at radius 1 is 0.517 bits per heavy atom. The van der Waals surface area contributed by atoms with Crippen LogP contribution in [0.3, 0.4) is 0 Å². The van der Waals surface area contributed by atoms with Crippen LogP contribution in [-0.2, 0) is 25.7 Å². The van der Waals surface area contributed by atoms with Crippen molar-refractivity contribution in [2.45, 2.75) is 81.1 Å². The van der Waals surface area contributed by atoms with Crippen LogP contribution in [0.5, 0.6) is 0 Å². The monoisotopic (exact) mass is 424 g/mol. The normalized spacial score (nSPS) is 23.0. The molecule has 3 aliphatic carbocycles. The van der Waals surface area contributed by atoms with Crippen LogP contribution in [0.15, 0.2) is 36.4 Å². The average Bonchev–Trinajstić information content (AvgIpc) is 2.73. The maximum atomic E-state index is 2.53. The summed E-state index contributed by atoms with van der Waals surface area (Å²) in [5.74, 6) is 0. The lowest BCUT2D eigenvalue weighted by Gasteiger charge is -2.24. The largest absolute Gasteiger partial charge is 0.157 e. The molecule has 0 amide bonds. The molecule has 3 aliphatic rings. The summed E-state index contributed by atoms with van der Waals surface area (Å²) in [6.07, 6.45) is 19.1. The fraction of sp³-hybridized carbons (Fsp3) is 0.556. The van der Waals surface area contributed by atoms with Crippen molar-refractivity contribution < 1.29 is 0 Å². The molecule has 2 aromatic rings. The van der Waals surface area contributed by atoms with Crippen molar-refractivity contribution in [3.8, 4) is 0 Å². The van der Waals surface area contributed by atoms with Crippen molar-refractivity contribution in [2.24, 2.45) is 0 Å². The van der Waals surface area contributed by atoms with Crippen LogP contribution < -0.4 is 0 Å². The van der Waals surface area contributed by atoms with Gasteiger partial charge in [-0.25, -0.2) is 0 Å². The zero-order valence-electron chi connectivity index (χ0n) is 18.2. The predicted molar refractivity (Wildman–Crippen MR) is 133 cm³/mol. The molecule has 0 radical (unpaired) electrons. The highest BCUT2D eigenvalue weighted by Crippen LogP contribution is 2.38. The predicted octanol–water partition coefficient (Wildman–Crippen LogP) is 8.12. The highest BCUT2D eigenvalue weighted by Gasteiger charge is 2.20. The van der Waals surface area contributed by atoms with Gasteiger partial charge in [-0.1, -0.05) is 68.5 Å². The van der Waals surface area contributed by atoms with Gasteiger partial charge in [0.15, 0.2) is 0 Å². The van der Waals surface area contributed by atoms with E-state index >= 15 is 0 Å². The van der Waals surface area contributed by atoms with Crippen LogP contribution in [-0.4, -0.2) is 12.5 Å². The van der Waals surface area contributed by atoms with Gasteiger partial charge in [0, 0.05) is 10.5 Å². The van der Waals surface area contributed by atoms with E-state index in [1.54, 1.807) is 33.4 Å². The molecule has 0 aromatic heterocycles. The Balaban J connectivity index is 1.78. The van der Waals surface area contributed by atoms with Gasteiger partial charge in [0.05, 0.1) is 0 Å². The number of hydrogen-bond donors (Lipinski definition) is 0. The zero-order chi connectivity index (χ0) is 20.1. The Morgan fingerprint density at radius 3 is 1.31 bits per heavy atom. The molecule has 0 spiro atoms. The second-order valence-electron chi connectivity index (χ2n) is 9.00. The molecule has 5 rings (SSSR count). The van der Waals surface area contributed by atoms with Gasteiger partial charge in [-0.15, -0.1) is 0 Å². The van der Waals surface area contributed by atoms with E-state index in [2.05, 4.69) is 48.9 Å². The number of fused-ring (bicyclic) bond motifs is 10. The van der Waals surface area contributed by atoms with Crippen molar-refractivity contribution in [1.82, 2.24) is 0 Å². The highest BCUT2D eigenvalue weighted by atomic mass is 32.2. The SMILES string of the molecule is CSC1Cc2cc3cc(c2)C(SC)Cc2cc(cc1c2)CCCCCCCCC3. The molecule has 0 heterocycles. The molecule has 6 bridgehead atoms. The molecule has 0 saturated carbocycles. The lowest BCUT2D eigenvalue weighted by molar-refractivity contribution is 0.579. The molecule has 0 saturated heterocycles. The van der Waals surface area contributed by atoms with Gasteiger partial charge < -0.3 is 0 Å². The first kappa shape index (κ1) is 21.4. The van der Waals surface area contributed by atoms with Crippen LogP contribution in [0.1, 0.15) is 88.8 Å². The van der Waals surface area contributed by atoms with Gasteiger partial charge >= 0.3 is 0 Å². The lowest BCUT2D eigenvalue weighted by Crippen LogP contribution is -2.08. The van der Waals surface area contributed by atoms with Crippen LogP contribution in [0, 0.1) is 0 Å². The maximum Gasteiger partial charge on any atom is 0.0335 e. The van der Waals surface area contributed by atoms with E-state index in [0.717, 1.165) is 12.8 Å². The molecule has 0 N–H and O–H groups in total. The number of aryl methyl sites for hydroxylation is 2. The molecule has 0 aliphatic heterocycles. The third-order valence-corrected chi connectivity index (χ3v) is 8.75. The Morgan fingerprint density at radius 2 is 0.897 bits per heavy atom. The summed E-state index contributed by atoms with van der Waals surface area (Å²) in [5, 5.41) is 1.14. The van der Waals surface area contributed by atoms with Crippen molar-refractivity contribution in [3.63, 3.8) is 0 Å². The van der Waals surface area contributed by atoms with Gasteiger partial charge in [-0.3, -0.25) is 0 Å². The third kappa shape index (κ3) is 5.64. The number of benzene rings is 2. The smallest absolute Gasteiger partial charge is 0.0335 e. The molecular weight excluding hydrogens is 388 g/mol. The molecule has 2 unspecified atom stereocenters. The standard InChI is InChI=1S/C27H36S2/c1-28-26-18-22-12-21-11-9-7-5-3-4-6-8-10-20-13-23(16-24(26)14-20)19-27(29-2)25(15-21)17-22/h12-17,26-27H,3-11,18-19H2,1-2H3. The van der Waals surface area contributed by atoms with Crippen molar-refractivity contribution in [3.05, 3.63) is 69.8 Å². The molecule has 2 aromatic carbocycles. The molecule has 2 atom stereocenters. The van der Waals surface area contributed by atoms with E-state index in [9.17, 15) is 0 Å². The van der Waals surface area contributed by atoms with E-state index < -0.39 is 0 Å². The quantitative estimate of drug-likeness (QED) is 0.477. The minimum absolute atomic E-state index is 0.568. The second-order valence-corrected chi connectivity index (χ2v) is 11.1. The maximum absolute atomic E-state index is 2.53. The summed E-state index contributed by atoms with van der Waals surface area (Å²) in [6.45, 7) is 0. The molecule has 0 fully saturated rings. The topological polar surface area (TPSA) is 0 Å². The summed E-state index contributed by atoms with van der Waals surface area (Å²) >= 11 is 4.06. The van der Waals surface area contributed by atoms with Gasteiger partial charge in [0.25, 0.3) is 0 Å². The van der Waals surface area contributed by atoms with Gasteiger partial charge in [0.2, 0.25) is 0 Å². The average molecular weight is 425 g/mol. The van der Waals surface area contributed by atoms with Crippen molar-refractivity contribution in [1.29, 1.82) is 0 Å². The van der Waals surface area contributed by atoms with Crippen molar-refractivity contribution in [2.75, 3.05) is 12.5 Å². The van der Waals surface area contributed by atoms with Crippen molar-refractivity contribution >= 4 is 23.5 Å². The first-order valence-corrected chi connectivity index (χ1v) is 14.1. The van der Waals surface area contributed by atoms with Crippen LogP contribution in [0.2, 0.25) is 0 Å². The van der Waals surface area contributed by atoms with Crippen LogP contribution in [0.25, 0.3) is 0 Å². The Kier molecular flexibility index (Phi) is 7.70. The number of hydrogen-bond acceptors (Lipinski definition) is 2. The van der Waals surface area contributed by atoms with E-state index in [0.29, 0.717) is 10.5 Å². The van der Waals surface area contributed by atoms with E-state index in [1.807, 2.05) is 23.5 Å². The first-order valence-electron chi connectivity index (χ1n) is 11.6. The molecular formula is C27H36S2. The summed E-state index contributed by atoms with van der Waals surface area (Å²) in [5.41, 5.74) is 9.37. The van der Waals surface area contributed by atoms with Crippen LogP contribution >= 0.6 is 23.5 Å². The summed E-state index contributed by atoms with van der Waals surface area (Å²) in [6, 6.07) is 15.2. The summed E-state index contributed by atoms with van der Waals surface area (Å²) in [7, 11) is 0. The van der Waals surface area contributed by atoms with E-state index in [4.69, 9.17) is 0 Å². The first-order chi connectivity index (χ1) is 14.2. The summed E-state index contributed by atoms with van der Waals surface area (Å²) in [4.78, 5) is 0. The second kappa shape index (κ2) is 10.4. The minimum atomic E-state index is 0.568. The fourth-order valence-electron chi connectivity index (χ4n) is 5.12. The Hall–Kier alpha value is -0.860. The molecule has 29 heavy (non-hydrogen) atoms. The van der Waals surface area contributed by atoms with E-state index in [-0.39, 0.29) is 0 Å². The fourth-order valence-corrected chi connectivity index (χ4v) is 6.66. The zero-order valence-corrected chi connectivity index (χ0v) is 19.8. The van der Waals surface area contributed by atoms with E-state index in [1.165, 1.54) is 57.8 Å². The Bertz CT molecular complexity index is 743. The Labute approximate surface area is 186 Å². The molecule has 2 heteroatoms. The van der Waals surface area contributed by atoms with Gasteiger partial charge in [0.1, 0.15) is 0 Å². The minimum Gasteiger partial charge on any atom is -0.157 e. The van der Waals surface area contributed by atoms with Gasteiger partial charge in [-0.05, 0) is 84.4 Å².